The predicted octanol–water partition coefficient (Wildman–Crippen LogP) is 3.15. The van der Waals surface area contributed by atoms with Crippen LogP contribution < -0.4 is 10.6 Å². The number of hydrogen-bond donors (Lipinski definition) is 2. The maximum Gasteiger partial charge on any atom is 0.252 e. The molecular formula is C18H35ClN2O2. The molecule has 0 atom stereocenters. The van der Waals surface area contributed by atoms with Crippen LogP contribution in [0.4, 0.5) is 0 Å². The van der Waals surface area contributed by atoms with Gasteiger partial charge in [-0.15, -0.1) is 12.4 Å². The fourth-order valence-electron chi connectivity index (χ4n) is 3.99. The molecule has 1 saturated heterocycles. The Kier molecular flexibility index (Phi) is 7.82. The van der Waals surface area contributed by atoms with E-state index in [-0.39, 0.29) is 18.3 Å². The summed E-state index contributed by atoms with van der Waals surface area (Å²) in [6, 6.07) is 0. The smallest absolute Gasteiger partial charge is 0.252 e. The Morgan fingerprint density at radius 1 is 1.17 bits per heavy atom. The van der Waals surface area contributed by atoms with Crippen molar-refractivity contribution in [2.24, 2.45) is 17.3 Å². The largest absolute Gasteiger partial charge is 0.368 e. The second kappa shape index (κ2) is 8.68. The van der Waals surface area contributed by atoms with Crippen molar-refractivity contribution in [3.05, 3.63) is 0 Å². The van der Waals surface area contributed by atoms with Crippen molar-refractivity contribution in [1.82, 2.24) is 10.6 Å². The molecule has 0 aromatic heterocycles. The van der Waals surface area contributed by atoms with E-state index in [4.69, 9.17) is 4.74 Å². The minimum atomic E-state index is -0.603. The van der Waals surface area contributed by atoms with Crippen molar-refractivity contribution in [3.63, 3.8) is 0 Å². The van der Waals surface area contributed by atoms with Gasteiger partial charge in [0, 0.05) is 13.7 Å². The third kappa shape index (κ3) is 5.33. The Morgan fingerprint density at radius 2 is 1.74 bits per heavy atom. The van der Waals surface area contributed by atoms with E-state index in [0.717, 1.165) is 38.4 Å². The van der Waals surface area contributed by atoms with Crippen LogP contribution in [-0.2, 0) is 9.53 Å². The van der Waals surface area contributed by atoms with Gasteiger partial charge in [0.15, 0.2) is 0 Å². The summed E-state index contributed by atoms with van der Waals surface area (Å²) in [6.07, 6.45) is 6.61. The van der Waals surface area contributed by atoms with Crippen molar-refractivity contribution in [3.8, 4) is 0 Å². The number of piperidine rings is 1. The lowest BCUT2D eigenvalue weighted by atomic mass is 9.70. The number of hydrogen-bond acceptors (Lipinski definition) is 3. The molecule has 0 radical (unpaired) electrons. The molecule has 1 aliphatic carbocycles. The number of rotatable bonds is 4. The van der Waals surface area contributed by atoms with E-state index in [1.807, 2.05) is 0 Å². The van der Waals surface area contributed by atoms with Gasteiger partial charge in [0.05, 0.1) is 0 Å². The molecule has 1 aliphatic heterocycles. The van der Waals surface area contributed by atoms with Gasteiger partial charge in [-0.25, -0.2) is 0 Å². The Labute approximate surface area is 147 Å². The first kappa shape index (κ1) is 20.7. The van der Waals surface area contributed by atoms with Crippen LogP contribution in [0.1, 0.15) is 59.3 Å². The molecule has 0 aromatic rings. The molecule has 136 valence electrons. The standard InChI is InChI=1S/C18H34N2O2.ClH/c1-17(2,3)15-7-5-14(6-8-15)13-20-16(21)18(22-4)9-11-19-12-10-18;/h14-15,19H,5-13H2,1-4H3,(H,20,21);1H. The summed E-state index contributed by atoms with van der Waals surface area (Å²) < 4.78 is 5.59. The highest BCUT2D eigenvalue weighted by Gasteiger charge is 2.40. The van der Waals surface area contributed by atoms with E-state index < -0.39 is 5.60 Å². The van der Waals surface area contributed by atoms with Gasteiger partial charge in [-0.05, 0) is 68.9 Å². The first-order chi connectivity index (χ1) is 10.4. The zero-order valence-corrected chi connectivity index (χ0v) is 16.1. The van der Waals surface area contributed by atoms with E-state index in [9.17, 15) is 4.79 Å². The fraction of sp³-hybridized carbons (Fsp3) is 0.944. The number of halogens is 1. The van der Waals surface area contributed by atoms with Gasteiger partial charge >= 0.3 is 0 Å². The number of carbonyl (C=O) groups is 1. The minimum absolute atomic E-state index is 0. The van der Waals surface area contributed by atoms with Crippen LogP contribution in [0.5, 0.6) is 0 Å². The molecule has 0 spiro atoms. The maximum atomic E-state index is 12.6. The topological polar surface area (TPSA) is 50.4 Å². The summed E-state index contributed by atoms with van der Waals surface area (Å²) in [5, 5.41) is 6.47. The molecule has 4 nitrogen and oxygen atoms in total. The SMILES string of the molecule is COC1(C(=O)NCC2CCC(C(C)(C)C)CC2)CCNCC1.Cl. The molecule has 0 aromatic carbocycles. The van der Waals surface area contributed by atoms with Crippen LogP contribution in [0.15, 0.2) is 0 Å². The maximum absolute atomic E-state index is 12.6. The van der Waals surface area contributed by atoms with Crippen molar-refractivity contribution < 1.29 is 9.53 Å². The van der Waals surface area contributed by atoms with Gasteiger partial charge in [0.1, 0.15) is 5.60 Å². The van der Waals surface area contributed by atoms with Crippen LogP contribution in [0, 0.1) is 17.3 Å². The molecule has 2 aliphatic rings. The molecule has 2 fully saturated rings. The van der Waals surface area contributed by atoms with E-state index in [0.29, 0.717) is 11.3 Å². The normalized spacial score (nSPS) is 27.8. The molecule has 1 amide bonds. The summed E-state index contributed by atoms with van der Waals surface area (Å²) in [7, 11) is 1.67. The lowest BCUT2D eigenvalue weighted by Crippen LogP contribution is -2.54. The summed E-state index contributed by atoms with van der Waals surface area (Å²) >= 11 is 0. The van der Waals surface area contributed by atoms with Crippen LogP contribution in [0.3, 0.4) is 0 Å². The second-order valence-electron chi connectivity index (χ2n) is 8.24. The molecule has 2 rings (SSSR count). The van der Waals surface area contributed by atoms with E-state index >= 15 is 0 Å². The molecular weight excluding hydrogens is 312 g/mol. The predicted molar refractivity (Wildman–Crippen MR) is 97.0 cm³/mol. The lowest BCUT2D eigenvalue weighted by Gasteiger charge is -2.38. The van der Waals surface area contributed by atoms with Gasteiger partial charge in [0.25, 0.3) is 5.91 Å². The lowest BCUT2D eigenvalue weighted by molar-refractivity contribution is -0.147. The fourth-order valence-corrected chi connectivity index (χ4v) is 3.99. The van der Waals surface area contributed by atoms with Crippen LogP contribution in [-0.4, -0.2) is 38.3 Å². The van der Waals surface area contributed by atoms with Gasteiger partial charge < -0.3 is 15.4 Å². The molecule has 5 heteroatoms. The second-order valence-corrected chi connectivity index (χ2v) is 8.24. The van der Waals surface area contributed by atoms with Crippen LogP contribution >= 0.6 is 12.4 Å². The van der Waals surface area contributed by atoms with Gasteiger partial charge in [-0.3, -0.25) is 4.79 Å². The quantitative estimate of drug-likeness (QED) is 0.822. The van der Waals surface area contributed by atoms with Crippen molar-refractivity contribution >= 4 is 18.3 Å². The number of nitrogens with one attached hydrogen (secondary N) is 2. The molecule has 1 heterocycles. The van der Waals surface area contributed by atoms with Crippen molar-refractivity contribution in [2.45, 2.75) is 64.9 Å². The highest BCUT2D eigenvalue weighted by atomic mass is 35.5. The van der Waals surface area contributed by atoms with Gasteiger partial charge in [-0.1, -0.05) is 20.8 Å². The number of ether oxygens (including phenoxy) is 1. The summed E-state index contributed by atoms with van der Waals surface area (Å²) in [6.45, 7) is 9.57. The average molecular weight is 347 g/mol. The molecule has 0 bridgehead atoms. The summed E-state index contributed by atoms with van der Waals surface area (Å²) in [5.74, 6) is 1.56. The Balaban J connectivity index is 0.00000264. The van der Waals surface area contributed by atoms with Gasteiger partial charge in [-0.2, -0.15) is 0 Å². The highest BCUT2D eigenvalue weighted by molar-refractivity contribution is 5.85. The molecule has 2 N–H and O–H groups in total. The van der Waals surface area contributed by atoms with Crippen molar-refractivity contribution in [1.29, 1.82) is 0 Å². The zero-order valence-electron chi connectivity index (χ0n) is 15.2. The Bertz CT molecular complexity index is 368. The first-order valence-electron chi connectivity index (χ1n) is 8.91. The van der Waals surface area contributed by atoms with Gasteiger partial charge in [0.2, 0.25) is 0 Å². The molecule has 23 heavy (non-hydrogen) atoms. The summed E-state index contributed by atoms with van der Waals surface area (Å²) in [4.78, 5) is 12.6. The number of methoxy groups -OCH3 is 1. The highest BCUT2D eigenvalue weighted by Crippen LogP contribution is 2.39. The third-order valence-electron chi connectivity index (χ3n) is 5.84. The molecule has 0 unspecified atom stereocenters. The van der Waals surface area contributed by atoms with Crippen LogP contribution in [0.2, 0.25) is 0 Å². The van der Waals surface area contributed by atoms with Crippen molar-refractivity contribution in [2.75, 3.05) is 26.7 Å². The van der Waals surface area contributed by atoms with E-state index in [1.54, 1.807) is 7.11 Å². The Hall–Kier alpha value is -0.320. The first-order valence-corrected chi connectivity index (χ1v) is 8.91. The number of carbonyl (C=O) groups excluding carboxylic acids is 1. The average Bonchev–Trinajstić information content (AvgIpc) is 2.52. The number of amides is 1. The minimum Gasteiger partial charge on any atom is -0.368 e. The summed E-state index contributed by atoms with van der Waals surface area (Å²) in [5.41, 5.74) is -0.183. The van der Waals surface area contributed by atoms with E-state index in [1.165, 1.54) is 25.7 Å². The molecule has 1 saturated carbocycles. The van der Waals surface area contributed by atoms with E-state index in [2.05, 4.69) is 31.4 Å². The third-order valence-corrected chi connectivity index (χ3v) is 5.84. The Morgan fingerprint density at radius 3 is 2.22 bits per heavy atom. The van der Waals surface area contributed by atoms with Crippen LogP contribution in [0.25, 0.3) is 0 Å². The zero-order chi connectivity index (χ0) is 16.2. The monoisotopic (exact) mass is 346 g/mol.